The van der Waals surface area contributed by atoms with Crippen LogP contribution in [-0.2, 0) is 9.47 Å². The lowest BCUT2D eigenvalue weighted by molar-refractivity contribution is -0.156. The molecule has 2 N–H and O–H groups in total. The van der Waals surface area contributed by atoms with E-state index in [2.05, 4.69) is 5.32 Å². The van der Waals surface area contributed by atoms with Gasteiger partial charge in [0.25, 0.3) is 0 Å². The topological polar surface area (TPSA) is 84.9 Å². The Balaban J connectivity index is 1.74. The smallest absolute Gasteiger partial charge is 0.407 e. The van der Waals surface area contributed by atoms with Crippen molar-refractivity contribution < 1.29 is 24.2 Å². The van der Waals surface area contributed by atoms with E-state index >= 15 is 0 Å². The molecule has 0 fully saturated rings. The summed E-state index contributed by atoms with van der Waals surface area (Å²) in [4.78, 5) is 23.7. The average molecular weight is 373 g/mol. The van der Waals surface area contributed by atoms with Crippen LogP contribution < -0.4 is 5.32 Å². The lowest BCUT2D eigenvalue weighted by Gasteiger charge is -2.26. The first kappa shape index (κ1) is 20.9. The van der Waals surface area contributed by atoms with Gasteiger partial charge in [0, 0.05) is 18.5 Å². The fraction of sp³-hybridized carbons (Fsp3) is 0.429. The maximum Gasteiger partial charge on any atom is 0.407 e. The Bertz CT molecular complexity index is 718. The molecule has 2 rings (SSSR count). The van der Waals surface area contributed by atoms with Crippen molar-refractivity contribution in [3.63, 3.8) is 0 Å². The van der Waals surface area contributed by atoms with E-state index in [1.807, 2.05) is 32.9 Å². The van der Waals surface area contributed by atoms with Crippen LogP contribution in [0.3, 0.4) is 0 Å². The fourth-order valence-electron chi connectivity index (χ4n) is 2.46. The van der Waals surface area contributed by atoms with Crippen LogP contribution in [0.15, 0.2) is 54.1 Å². The molecule has 6 nitrogen and oxygen atoms in total. The maximum atomic E-state index is 12.1. The Morgan fingerprint density at radius 2 is 1.93 bits per heavy atom. The largest absolute Gasteiger partial charge is 0.444 e. The molecular weight excluding hydrogens is 346 g/mol. The summed E-state index contributed by atoms with van der Waals surface area (Å²) in [5.41, 5.74) is 0.984. The third kappa shape index (κ3) is 7.37. The van der Waals surface area contributed by atoms with Crippen LogP contribution in [0, 0.1) is 0 Å². The van der Waals surface area contributed by atoms with Crippen molar-refractivity contribution in [2.24, 2.45) is 0 Å². The van der Waals surface area contributed by atoms with Crippen LogP contribution >= 0.6 is 0 Å². The molecule has 0 heterocycles. The van der Waals surface area contributed by atoms with Gasteiger partial charge in [-0.25, -0.2) is 4.79 Å². The Labute approximate surface area is 159 Å². The maximum absolute atomic E-state index is 12.1. The van der Waals surface area contributed by atoms with E-state index in [4.69, 9.17) is 9.47 Å². The van der Waals surface area contributed by atoms with E-state index in [9.17, 15) is 14.7 Å². The molecule has 1 aromatic rings. The number of Topliss-reactive ketones (excluding diaryl/α,β-unsaturated/α-hetero) is 1. The number of carbonyl (C=O) groups excluding carboxylic acids is 2. The first-order valence-electron chi connectivity index (χ1n) is 8.97. The summed E-state index contributed by atoms with van der Waals surface area (Å²) < 4.78 is 10.6. The molecule has 0 spiro atoms. The second-order valence-electron chi connectivity index (χ2n) is 7.42. The van der Waals surface area contributed by atoms with Gasteiger partial charge in [0.05, 0.1) is 0 Å². The Kier molecular flexibility index (Phi) is 6.93. The number of hydrogen-bond acceptors (Lipinski definition) is 5. The Morgan fingerprint density at radius 3 is 2.52 bits per heavy atom. The predicted octanol–water partition coefficient (Wildman–Crippen LogP) is 3.38. The highest BCUT2D eigenvalue weighted by Gasteiger charge is 2.27. The van der Waals surface area contributed by atoms with E-state index in [0.29, 0.717) is 18.5 Å². The van der Waals surface area contributed by atoms with Gasteiger partial charge in [-0.05, 0) is 33.3 Å². The van der Waals surface area contributed by atoms with Gasteiger partial charge in [-0.2, -0.15) is 0 Å². The van der Waals surface area contributed by atoms with E-state index in [1.54, 1.807) is 30.3 Å². The second kappa shape index (κ2) is 8.97. The number of amides is 1. The molecular formula is C21H27NO5. The van der Waals surface area contributed by atoms with Gasteiger partial charge >= 0.3 is 6.09 Å². The number of allylic oxidation sites excluding steroid dienone is 1. The van der Waals surface area contributed by atoms with Crippen LogP contribution in [-0.4, -0.2) is 41.5 Å². The van der Waals surface area contributed by atoms with Crippen LogP contribution in [0.5, 0.6) is 0 Å². The second-order valence-corrected chi connectivity index (χ2v) is 7.42. The highest BCUT2D eigenvalue weighted by molar-refractivity contribution is 5.97. The minimum atomic E-state index is -1.49. The molecule has 146 valence electrons. The van der Waals surface area contributed by atoms with Crippen LogP contribution in [0.4, 0.5) is 4.79 Å². The van der Waals surface area contributed by atoms with Gasteiger partial charge in [-0.15, -0.1) is 0 Å². The summed E-state index contributed by atoms with van der Waals surface area (Å²) in [5, 5.41) is 13.1. The van der Waals surface area contributed by atoms with E-state index < -0.39 is 17.5 Å². The van der Waals surface area contributed by atoms with Gasteiger partial charge in [0.15, 0.2) is 11.6 Å². The lowest BCUT2D eigenvalue weighted by atomic mass is 10.00. The van der Waals surface area contributed by atoms with Gasteiger partial charge in [-0.3, -0.25) is 4.79 Å². The monoisotopic (exact) mass is 373 g/mol. The highest BCUT2D eigenvalue weighted by atomic mass is 16.6. The third-order valence-corrected chi connectivity index (χ3v) is 3.85. The first-order chi connectivity index (χ1) is 12.7. The molecule has 1 amide bonds. The molecule has 0 radical (unpaired) electrons. The number of carbonyl (C=O) groups is 2. The molecule has 0 aromatic heterocycles. The Morgan fingerprint density at radius 1 is 1.22 bits per heavy atom. The number of nitrogens with one attached hydrogen (secondary N) is 1. The quantitative estimate of drug-likeness (QED) is 0.565. The molecule has 1 unspecified atom stereocenters. The van der Waals surface area contributed by atoms with Crippen molar-refractivity contribution in [2.45, 2.75) is 45.0 Å². The lowest BCUT2D eigenvalue weighted by Crippen LogP contribution is -2.34. The minimum Gasteiger partial charge on any atom is -0.444 e. The van der Waals surface area contributed by atoms with Gasteiger partial charge in [0.1, 0.15) is 12.2 Å². The van der Waals surface area contributed by atoms with Gasteiger partial charge in [0.2, 0.25) is 0 Å². The number of aliphatic hydroxyl groups is 1. The molecule has 0 bridgehead atoms. The van der Waals surface area contributed by atoms with Crippen molar-refractivity contribution >= 4 is 11.9 Å². The molecule has 1 aliphatic carbocycles. The molecule has 6 heteroatoms. The number of ether oxygens (including phenoxy) is 2. The summed E-state index contributed by atoms with van der Waals surface area (Å²) >= 11 is 0. The van der Waals surface area contributed by atoms with Crippen LogP contribution in [0.1, 0.15) is 44.0 Å². The summed E-state index contributed by atoms with van der Waals surface area (Å²) in [5.74, 6) is -1.68. The highest BCUT2D eigenvalue weighted by Crippen LogP contribution is 2.24. The summed E-state index contributed by atoms with van der Waals surface area (Å²) in [7, 11) is 0. The molecule has 1 aliphatic rings. The third-order valence-electron chi connectivity index (χ3n) is 3.85. The van der Waals surface area contributed by atoms with Crippen molar-refractivity contribution in [3.05, 3.63) is 59.7 Å². The zero-order valence-electron chi connectivity index (χ0n) is 16.0. The number of benzene rings is 1. The summed E-state index contributed by atoms with van der Waals surface area (Å²) in [6.45, 7) is 5.65. The van der Waals surface area contributed by atoms with Crippen molar-refractivity contribution in [1.82, 2.24) is 5.32 Å². The summed E-state index contributed by atoms with van der Waals surface area (Å²) in [6.07, 6.45) is 5.51. The van der Waals surface area contributed by atoms with Crippen molar-refractivity contribution in [2.75, 3.05) is 13.2 Å². The molecule has 27 heavy (non-hydrogen) atoms. The standard InChI is InChI=1S/C21H27NO5/c1-20(2,3)27-19(24)22-14-11-16-9-12-21(25,13-10-16)26-15-18(23)17-7-5-4-6-8-17/h4-10,12,25H,11,13-15H2,1-3H3,(H,22,24). The fourth-order valence-corrected chi connectivity index (χ4v) is 2.46. The minimum absolute atomic E-state index is 0.186. The van der Waals surface area contributed by atoms with Crippen molar-refractivity contribution in [3.8, 4) is 0 Å². The number of ketones is 1. The number of alkyl carbamates (subject to hydrolysis) is 1. The summed E-state index contributed by atoms with van der Waals surface area (Å²) in [6, 6.07) is 8.81. The van der Waals surface area contributed by atoms with E-state index in [1.165, 1.54) is 6.08 Å². The molecule has 1 aromatic carbocycles. The zero-order chi connectivity index (χ0) is 19.9. The zero-order valence-corrected chi connectivity index (χ0v) is 16.0. The normalized spacial score (nSPS) is 19.3. The van der Waals surface area contributed by atoms with E-state index in [-0.39, 0.29) is 18.8 Å². The van der Waals surface area contributed by atoms with Gasteiger partial charge in [-0.1, -0.05) is 48.1 Å². The molecule has 1 atom stereocenters. The van der Waals surface area contributed by atoms with E-state index in [0.717, 1.165) is 5.57 Å². The number of hydrogen-bond donors (Lipinski definition) is 2. The van der Waals surface area contributed by atoms with Gasteiger partial charge < -0.3 is 19.9 Å². The van der Waals surface area contributed by atoms with Crippen molar-refractivity contribution in [1.29, 1.82) is 0 Å². The first-order valence-corrected chi connectivity index (χ1v) is 8.97. The molecule has 0 saturated heterocycles. The Hall–Kier alpha value is -2.44. The van der Waals surface area contributed by atoms with Crippen LogP contribution in [0.2, 0.25) is 0 Å². The SMILES string of the molecule is CC(C)(C)OC(=O)NCCC1=CCC(O)(OCC(=O)c2ccccc2)C=C1. The number of rotatable bonds is 7. The van der Waals surface area contributed by atoms with Crippen LogP contribution in [0.25, 0.3) is 0 Å². The average Bonchev–Trinajstić information content (AvgIpc) is 2.61. The molecule has 0 aliphatic heterocycles. The predicted molar refractivity (Wildman–Crippen MR) is 102 cm³/mol. The molecule has 0 saturated carbocycles.